The number of hydrogen-bond acceptors (Lipinski definition) is 3. The quantitative estimate of drug-likeness (QED) is 0.293. The van der Waals surface area contributed by atoms with Crippen LogP contribution in [0.25, 0.3) is 0 Å². The van der Waals surface area contributed by atoms with Crippen LogP contribution in [0.15, 0.2) is 59.1 Å². The summed E-state index contributed by atoms with van der Waals surface area (Å²) in [5, 5.41) is 4.04. The molecule has 0 spiro atoms. The molecule has 0 aliphatic carbocycles. The highest BCUT2D eigenvalue weighted by Gasteiger charge is 2.13. The fourth-order valence-corrected chi connectivity index (χ4v) is 4.21. The van der Waals surface area contributed by atoms with Gasteiger partial charge in [0.2, 0.25) is 0 Å². The molecule has 0 saturated carbocycles. The molecule has 3 aromatic rings. The molecule has 0 unspecified atom stereocenters. The van der Waals surface area contributed by atoms with Crippen LogP contribution in [0.1, 0.15) is 29.2 Å². The lowest BCUT2D eigenvalue weighted by atomic mass is 9.99. The minimum atomic E-state index is 0.623. The van der Waals surface area contributed by atoms with Crippen molar-refractivity contribution in [1.82, 2.24) is 0 Å². The van der Waals surface area contributed by atoms with Gasteiger partial charge in [-0.1, -0.05) is 39.7 Å². The van der Waals surface area contributed by atoms with Crippen LogP contribution in [-0.4, -0.2) is 11.5 Å². The van der Waals surface area contributed by atoms with Crippen molar-refractivity contribution in [3.63, 3.8) is 0 Å². The van der Waals surface area contributed by atoms with E-state index in [0.717, 1.165) is 48.7 Å². The summed E-state index contributed by atoms with van der Waals surface area (Å²) in [7, 11) is 0. The Morgan fingerprint density at radius 2 is 1.75 bits per heavy atom. The number of nitrogens with one attached hydrogen (secondary N) is 1. The minimum Gasteiger partial charge on any atom is -0.494 e. The van der Waals surface area contributed by atoms with Crippen molar-refractivity contribution in [2.24, 2.45) is 0 Å². The van der Waals surface area contributed by atoms with E-state index in [1.807, 2.05) is 62.4 Å². The first-order valence-electron chi connectivity index (χ1n) is 9.00. The Labute approximate surface area is 185 Å². The number of rotatable bonds is 6. The van der Waals surface area contributed by atoms with Crippen molar-refractivity contribution >= 4 is 56.0 Å². The maximum atomic E-state index is 6.58. The predicted molar refractivity (Wildman–Crippen MR) is 127 cm³/mol. The maximum Gasteiger partial charge on any atom is 0.119 e. The second-order valence-corrected chi connectivity index (χ2v) is 8.25. The van der Waals surface area contributed by atoms with E-state index in [1.165, 1.54) is 0 Å². The van der Waals surface area contributed by atoms with E-state index in [9.17, 15) is 0 Å². The SMILES string of the molecule is CCOc1ccc(C(=S)c2ccc(Nc3ccc(Br)cc3C)cc2Cl)c(C)c1. The van der Waals surface area contributed by atoms with E-state index in [1.54, 1.807) is 0 Å². The van der Waals surface area contributed by atoms with Gasteiger partial charge >= 0.3 is 0 Å². The van der Waals surface area contributed by atoms with Crippen LogP contribution < -0.4 is 10.1 Å². The molecule has 0 aliphatic rings. The monoisotopic (exact) mass is 473 g/mol. The molecule has 0 bridgehead atoms. The Bertz CT molecular complexity index is 1040. The van der Waals surface area contributed by atoms with E-state index in [0.29, 0.717) is 11.6 Å². The summed E-state index contributed by atoms with van der Waals surface area (Å²) in [5.41, 5.74) is 6.02. The van der Waals surface area contributed by atoms with Crippen molar-refractivity contribution in [3.8, 4) is 5.75 Å². The molecule has 0 atom stereocenters. The van der Waals surface area contributed by atoms with Gasteiger partial charge in [0.15, 0.2) is 0 Å². The summed E-state index contributed by atoms with van der Waals surface area (Å²) in [6.45, 7) is 6.71. The van der Waals surface area contributed by atoms with Gasteiger partial charge in [-0.05, 0) is 92.1 Å². The normalized spacial score (nSPS) is 10.6. The van der Waals surface area contributed by atoms with Gasteiger partial charge in [0.25, 0.3) is 0 Å². The summed E-state index contributed by atoms with van der Waals surface area (Å²) in [6, 6.07) is 17.9. The molecule has 0 radical (unpaired) electrons. The average molecular weight is 475 g/mol. The summed E-state index contributed by atoms with van der Waals surface area (Å²) < 4.78 is 6.62. The van der Waals surface area contributed by atoms with Crippen LogP contribution in [0.5, 0.6) is 5.75 Å². The first-order chi connectivity index (χ1) is 13.4. The van der Waals surface area contributed by atoms with Crippen LogP contribution >= 0.6 is 39.7 Å². The molecule has 5 heteroatoms. The largest absolute Gasteiger partial charge is 0.494 e. The van der Waals surface area contributed by atoms with Gasteiger partial charge in [0.1, 0.15) is 5.75 Å². The van der Waals surface area contributed by atoms with Crippen molar-refractivity contribution in [3.05, 3.63) is 86.3 Å². The lowest BCUT2D eigenvalue weighted by Gasteiger charge is -2.14. The number of thiocarbonyl (C=S) groups is 1. The number of hydrogen-bond donors (Lipinski definition) is 1. The molecule has 3 aromatic carbocycles. The Kier molecular flexibility index (Phi) is 6.76. The van der Waals surface area contributed by atoms with Crippen LogP contribution in [0.3, 0.4) is 0 Å². The Balaban J connectivity index is 1.85. The van der Waals surface area contributed by atoms with Crippen molar-refractivity contribution in [1.29, 1.82) is 0 Å². The smallest absolute Gasteiger partial charge is 0.119 e. The molecule has 0 fully saturated rings. The molecule has 1 N–H and O–H groups in total. The summed E-state index contributed by atoms with van der Waals surface area (Å²) in [5.74, 6) is 0.849. The zero-order valence-corrected chi connectivity index (χ0v) is 19.1. The van der Waals surface area contributed by atoms with E-state index in [2.05, 4.69) is 34.2 Å². The van der Waals surface area contributed by atoms with Gasteiger partial charge in [0, 0.05) is 21.4 Å². The Morgan fingerprint density at radius 1 is 1.00 bits per heavy atom. The zero-order valence-electron chi connectivity index (χ0n) is 16.0. The van der Waals surface area contributed by atoms with Crippen molar-refractivity contribution in [2.75, 3.05) is 11.9 Å². The van der Waals surface area contributed by atoms with Gasteiger partial charge in [-0.2, -0.15) is 0 Å². The zero-order chi connectivity index (χ0) is 20.3. The summed E-state index contributed by atoms with van der Waals surface area (Å²) in [6.07, 6.45) is 0. The van der Waals surface area contributed by atoms with E-state index < -0.39 is 0 Å². The minimum absolute atomic E-state index is 0.623. The van der Waals surface area contributed by atoms with E-state index >= 15 is 0 Å². The molecule has 0 amide bonds. The second kappa shape index (κ2) is 9.08. The van der Waals surface area contributed by atoms with Crippen LogP contribution in [-0.2, 0) is 0 Å². The fourth-order valence-electron chi connectivity index (χ4n) is 2.99. The van der Waals surface area contributed by atoms with Crippen molar-refractivity contribution in [2.45, 2.75) is 20.8 Å². The van der Waals surface area contributed by atoms with Gasteiger partial charge in [0.05, 0.1) is 16.5 Å². The average Bonchev–Trinajstić information content (AvgIpc) is 2.64. The first-order valence-corrected chi connectivity index (χ1v) is 10.6. The number of halogens is 2. The molecule has 28 heavy (non-hydrogen) atoms. The fraction of sp³-hybridized carbons (Fsp3) is 0.174. The van der Waals surface area contributed by atoms with Crippen LogP contribution in [0.4, 0.5) is 11.4 Å². The maximum absolute atomic E-state index is 6.58. The number of ether oxygens (including phenoxy) is 1. The highest BCUT2D eigenvalue weighted by atomic mass is 79.9. The Morgan fingerprint density at radius 3 is 2.39 bits per heavy atom. The summed E-state index contributed by atoms with van der Waals surface area (Å²) in [4.78, 5) is 0.733. The highest BCUT2D eigenvalue weighted by Crippen LogP contribution is 2.29. The molecule has 0 heterocycles. The number of anilines is 2. The van der Waals surface area contributed by atoms with Crippen LogP contribution in [0, 0.1) is 13.8 Å². The van der Waals surface area contributed by atoms with Gasteiger partial charge < -0.3 is 10.1 Å². The third-order valence-corrected chi connectivity index (χ3v) is 5.68. The highest BCUT2D eigenvalue weighted by molar-refractivity contribution is 9.10. The molecule has 0 aromatic heterocycles. The first kappa shape index (κ1) is 20.8. The second-order valence-electron chi connectivity index (χ2n) is 6.52. The third kappa shape index (κ3) is 4.75. The van der Waals surface area contributed by atoms with Crippen molar-refractivity contribution < 1.29 is 4.74 Å². The van der Waals surface area contributed by atoms with Gasteiger partial charge in [-0.25, -0.2) is 0 Å². The molecule has 0 aliphatic heterocycles. The van der Waals surface area contributed by atoms with Gasteiger partial charge in [-0.3, -0.25) is 0 Å². The Hall–Kier alpha value is -1.88. The van der Waals surface area contributed by atoms with Gasteiger partial charge in [-0.15, -0.1) is 0 Å². The lowest BCUT2D eigenvalue weighted by molar-refractivity contribution is 0.340. The third-order valence-electron chi connectivity index (χ3n) is 4.43. The van der Waals surface area contributed by atoms with E-state index in [-0.39, 0.29) is 0 Å². The topological polar surface area (TPSA) is 21.3 Å². The number of benzene rings is 3. The molecule has 0 saturated heterocycles. The predicted octanol–water partition coefficient (Wildman–Crippen LogP) is 7.63. The molecular weight excluding hydrogens is 454 g/mol. The lowest BCUT2D eigenvalue weighted by Crippen LogP contribution is -2.04. The molecular formula is C23H21BrClNOS. The summed E-state index contributed by atoms with van der Waals surface area (Å²) >= 11 is 15.8. The number of aryl methyl sites for hydroxylation is 2. The van der Waals surface area contributed by atoms with Crippen LogP contribution in [0.2, 0.25) is 5.02 Å². The molecule has 2 nitrogen and oxygen atoms in total. The molecule has 144 valence electrons. The molecule has 3 rings (SSSR count). The van der Waals surface area contributed by atoms with E-state index in [4.69, 9.17) is 28.6 Å². The standard InChI is InChI=1S/C23H21BrClNOS/c1-4-27-18-7-9-19(14(2)12-18)23(28)20-8-6-17(13-21(20)25)26-22-10-5-16(24)11-15(22)3/h5-13,26H,4H2,1-3H3.